The van der Waals surface area contributed by atoms with Gasteiger partial charge in [-0.1, -0.05) is 48.0 Å². The number of nitrogen functional groups attached to an aromatic ring is 1. The number of halogens is 2. The van der Waals surface area contributed by atoms with Gasteiger partial charge in [0.25, 0.3) is 5.91 Å². The number of aromatic hydroxyl groups is 1. The van der Waals surface area contributed by atoms with E-state index >= 15 is 0 Å². The number of anilines is 1. The lowest BCUT2D eigenvalue weighted by Crippen LogP contribution is -2.45. The van der Waals surface area contributed by atoms with Crippen molar-refractivity contribution in [1.82, 2.24) is 9.88 Å². The summed E-state index contributed by atoms with van der Waals surface area (Å²) in [4.78, 5) is 18.1. The fraction of sp³-hybridized carbons (Fsp3) is 0.185. The van der Waals surface area contributed by atoms with Crippen LogP contribution < -0.4 is 5.73 Å². The molecule has 4 N–H and O–H groups in total. The number of piperidine rings is 1. The van der Waals surface area contributed by atoms with Crippen molar-refractivity contribution in [2.24, 2.45) is 0 Å². The van der Waals surface area contributed by atoms with Gasteiger partial charge < -0.3 is 20.8 Å². The molecule has 1 saturated heterocycles. The van der Waals surface area contributed by atoms with Crippen LogP contribution in [0, 0.1) is 5.82 Å². The zero-order chi connectivity index (χ0) is 25.0. The average molecular weight is 494 g/mol. The van der Waals surface area contributed by atoms with Crippen LogP contribution in [0.4, 0.5) is 10.1 Å². The fourth-order valence-corrected chi connectivity index (χ4v) is 4.46. The Balaban J connectivity index is 0.000000218. The van der Waals surface area contributed by atoms with E-state index in [4.69, 9.17) is 17.3 Å². The van der Waals surface area contributed by atoms with Gasteiger partial charge in [-0.15, -0.1) is 0 Å². The van der Waals surface area contributed by atoms with Gasteiger partial charge in [-0.3, -0.25) is 9.78 Å². The number of aliphatic hydroxyl groups is 1. The van der Waals surface area contributed by atoms with Crippen molar-refractivity contribution in [2.45, 2.75) is 18.4 Å². The Kier molecular flexibility index (Phi) is 7.19. The van der Waals surface area contributed by atoms with Gasteiger partial charge in [0.05, 0.1) is 11.2 Å². The molecular weight excluding hydrogens is 469 g/mol. The molecule has 1 aromatic heterocycles. The maximum atomic E-state index is 13.9. The second kappa shape index (κ2) is 10.3. The third-order valence-corrected chi connectivity index (χ3v) is 6.42. The SMILES string of the molecule is Nc1ccc(C(=O)N2CCC(O)(c3ccccc3Cl)CC2)c(F)c1.Oc1cccc2cccnc12. The standard InChI is InChI=1S/C18H18ClFN2O2.C9H7NO/c19-15-4-2-1-3-14(15)18(24)7-9-22(10-8-18)17(23)13-6-5-12(21)11-16(13)20;11-8-5-1-3-7-4-2-6-10-9(7)8/h1-6,11,24H,7-10,21H2;1-6,11H. The number of pyridine rings is 1. The van der Waals surface area contributed by atoms with Crippen LogP contribution in [0.3, 0.4) is 0 Å². The number of carbonyl (C=O) groups excluding carboxylic acids is 1. The first-order valence-corrected chi connectivity index (χ1v) is 11.5. The van der Waals surface area contributed by atoms with E-state index in [0.29, 0.717) is 42.0 Å². The number of nitrogens with zero attached hydrogens (tertiary/aromatic N) is 2. The minimum absolute atomic E-state index is 0.00705. The molecule has 180 valence electrons. The van der Waals surface area contributed by atoms with Crippen molar-refractivity contribution in [3.8, 4) is 5.75 Å². The number of hydrogen-bond donors (Lipinski definition) is 3. The Hall–Kier alpha value is -3.68. The Morgan fingerprint density at radius 2 is 1.74 bits per heavy atom. The lowest BCUT2D eigenvalue weighted by atomic mass is 9.84. The topological polar surface area (TPSA) is 99.7 Å². The molecule has 1 amide bonds. The van der Waals surface area contributed by atoms with Gasteiger partial charge in [-0.05, 0) is 49.2 Å². The quantitative estimate of drug-likeness (QED) is 0.336. The van der Waals surface area contributed by atoms with Crippen LogP contribution in [0.1, 0.15) is 28.8 Å². The van der Waals surface area contributed by atoms with Gasteiger partial charge >= 0.3 is 0 Å². The van der Waals surface area contributed by atoms with Gasteiger partial charge in [-0.25, -0.2) is 4.39 Å². The number of phenolic OH excluding ortho intramolecular Hbond substituents is 1. The van der Waals surface area contributed by atoms with Crippen molar-refractivity contribution in [3.63, 3.8) is 0 Å². The average Bonchev–Trinajstić information content (AvgIpc) is 2.85. The molecule has 6 nitrogen and oxygen atoms in total. The van der Waals surface area contributed by atoms with E-state index in [0.717, 1.165) is 11.5 Å². The van der Waals surface area contributed by atoms with Crippen LogP contribution in [-0.4, -0.2) is 39.1 Å². The molecule has 35 heavy (non-hydrogen) atoms. The fourth-order valence-electron chi connectivity index (χ4n) is 4.15. The minimum atomic E-state index is -1.07. The third kappa shape index (κ3) is 5.37. The summed E-state index contributed by atoms with van der Waals surface area (Å²) in [5, 5.41) is 21.6. The van der Waals surface area contributed by atoms with Gasteiger partial charge in [-0.2, -0.15) is 0 Å². The molecule has 1 aliphatic heterocycles. The monoisotopic (exact) mass is 493 g/mol. The summed E-state index contributed by atoms with van der Waals surface area (Å²) in [6, 6.07) is 20.3. The molecule has 1 fully saturated rings. The maximum absolute atomic E-state index is 13.9. The number of fused-ring (bicyclic) bond motifs is 1. The Labute approximate surface area is 207 Å². The highest BCUT2D eigenvalue weighted by molar-refractivity contribution is 6.31. The van der Waals surface area contributed by atoms with E-state index in [2.05, 4.69) is 4.98 Å². The van der Waals surface area contributed by atoms with Crippen LogP contribution in [-0.2, 0) is 5.60 Å². The number of benzene rings is 3. The molecule has 3 aromatic carbocycles. The van der Waals surface area contributed by atoms with E-state index in [1.54, 1.807) is 41.4 Å². The first kappa shape index (κ1) is 24.4. The number of aromatic nitrogens is 1. The highest BCUT2D eigenvalue weighted by atomic mass is 35.5. The van der Waals surface area contributed by atoms with E-state index in [9.17, 15) is 19.4 Å². The first-order valence-electron chi connectivity index (χ1n) is 11.1. The molecule has 5 rings (SSSR count). The number of nitrogens with two attached hydrogens (primary N) is 1. The maximum Gasteiger partial charge on any atom is 0.256 e. The zero-order valence-electron chi connectivity index (χ0n) is 18.9. The van der Waals surface area contributed by atoms with Crippen LogP contribution in [0.25, 0.3) is 10.9 Å². The largest absolute Gasteiger partial charge is 0.506 e. The molecule has 8 heteroatoms. The second-order valence-corrected chi connectivity index (χ2v) is 8.80. The van der Waals surface area contributed by atoms with Gasteiger partial charge in [0.1, 0.15) is 17.1 Å². The predicted molar refractivity (Wildman–Crippen MR) is 135 cm³/mol. The molecule has 0 aliphatic carbocycles. The highest BCUT2D eigenvalue weighted by Crippen LogP contribution is 2.37. The Morgan fingerprint density at radius 3 is 2.43 bits per heavy atom. The minimum Gasteiger partial charge on any atom is -0.506 e. The zero-order valence-corrected chi connectivity index (χ0v) is 19.6. The number of amides is 1. The Morgan fingerprint density at radius 1 is 1.03 bits per heavy atom. The Bertz CT molecular complexity index is 1350. The van der Waals surface area contributed by atoms with E-state index < -0.39 is 17.3 Å². The molecule has 4 aromatic rings. The molecule has 0 spiro atoms. The molecule has 1 aliphatic rings. The van der Waals surface area contributed by atoms with Crippen LogP contribution in [0.5, 0.6) is 5.75 Å². The van der Waals surface area contributed by atoms with Crippen LogP contribution >= 0.6 is 11.6 Å². The molecule has 0 unspecified atom stereocenters. The van der Waals surface area contributed by atoms with Gasteiger partial charge in [0.15, 0.2) is 0 Å². The van der Waals surface area contributed by atoms with E-state index in [-0.39, 0.29) is 17.0 Å². The molecule has 0 saturated carbocycles. The summed E-state index contributed by atoms with van der Waals surface area (Å²) in [6.45, 7) is 0.648. The number of carbonyl (C=O) groups is 1. The summed E-state index contributed by atoms with van der Waals surface area (Å²) in [5.74, 6) is -0.788. The lowest BCUT2D eigenvalue weighted by molar-refractivity contribution is -0.0211. The van der Waals surface area contributed by atoms with Crippen LogP contribution in [0.2, 0.25) is 5.02 Å². The van der Waals surface area contributed by atoms with Crippen molar-refractivity contribution < 1.29 is 19.4 Å². The lowest BCUT2D eigenvalue weighted by Gasteiger charge is -2.39. The normalized spacial score (nSPS) is 14.8. The third-order valence-electron chi connectivity index (χ3n) is 6.09. The van der Waals surface area contributed by atoms with Crippen molar-refractivity contribution in [3.05, 3.63) is 101 Å². The number of phenols is 1. The second-order valence-electron chi connectivity index (χ2n) is 8.40. The number of para-hydroxylation sites is 1. The summed E-state index contributed by atoms with van der Waals surface area (Å²) in [7, 11) is 0. The summed E-state index contributed by atoms with van der Waals surface area (Å²) in [5.41, 5.74) is 6.03. The number of hydrogen-bond acceptors (Lipinski definition) is 5. The van der Waals surface area contributed by atoms with Crippen molar-refractivity contribution in [2.75, 3.05) is 18.8 Å². The summed E-state index contributed by atoms with van der Waals surface area (Å²) >= 11 is 6.18. The summed E-state index contributed by atoms with van der Waals surface area (Å²) < 4.78 is 13.9. The van der Waals surface area contributed by atoms with E-state index in [1.807, 2.05) is 24.3 Å². The van der Waals surface area contributed by atoms with Crippen LogP contribution in [0.15, 0.2) is 79.0 Å². The molecule has 2 heterocycles. The summed E-state index contributed by atoms with van der Waals surface area (Å²) in [6.07, 6.45) is 2.36. The molecular formula is C27H25ClFN3O3. The first-order chi connectivity index (χ1) is 16.8. The van der Waals surface area contributed by atoms with Crippen molar-refractivity contribution in [1.29, 1.82) is 0 Å². The predicted octanol–water partition coefficient (Wildman–Crippen LogP) is 5.13. The van der Waals surface area contributed by atoms with Gasteiger partial charge in [0.2, 0.25) is 0 Å². The molecule has 0 atom stereocenters. The number of likely N-dealkylation sites (tertiary alicyclic amines) is 1. The van der Waals surface area contributed by atoms with Gasteiger partial charge in [0, 0.05) is 40.9 Å². The molecule has 0 radical (unpaired) electrons. The smallest absolute Gasteiger partial charge is 0.256 e. The number of rotatable bonds is 2. The molecule has 0 bridgehead atoms. The van der Waals surface area contributed by atoms with E-state index in [1.165, 1.54) is 12.1 Å². The highest BCUT2D eigenvalue weighted by Gasteiger charge is 2.37. The van der Waals surface area contributed by atoms with Crippen molar-refractivity contribution >= 4 is 34.1 Å².